The lowest BCUT2D eigenvalue weighted by Gasteiger charge is -2.41. The molecular weight excluding hydrogens is 681 g/mol. The minimum Gasteiger partial charge on any atom is -0.494 e. The number of rotatable bonds is 10. The highest BCUT2D eigenvalue weighted by atomic mass is 16.5. The van der Waals surface area contributed by atoms with Crippen LogP contribution in [0.25, 0.3) is 16.7 Å². The molecule has 2 saturated heterocycles. The van der Waals surface area contributed by atoms with Crippen molar-refractivity contribution in [1.82, 2.24) is 29.7 Å². The molecule has 4 heterocycles. The lowest BCUT2D eigenvalue weighted by atomic mass is 9.68. The van der Waals surface area contributed by atoms with Gasteiger partial charge in [0.2, 0.25) is 11.9 Å². The first-order chi connectivity index (χ1) is 26.1. The Kier molecular flexibility index (Phi) is 9.80. The van der Waals surface area contributed by atoms with E-state index in [1.807, 2.05) is 32.2 Å². The van der Waals surface area contributed by atoms with E-state index in [-0.39, 0.29) is 22.9 Å². The Balaban J connectivity index is 0.966. The zero-order chi connectivity index (χ0) is 37.6. The van der Waals surface area contributed by atoms with E-state index in [1.54, 1.807) is 43.6 Å². The molecule has 12 nitrogen and oxygen atoms in total. The number of pyridine rings is 1. The van der Waals surface area contributed by atoms with Crippen LogP contribution in [0.2, 0.25) is 0 Å². The number of nitrogens with zero attached hydrogens (tertiary/aromatic N) is 6. The number of fused-ring (bicyclic) bond motifs is 3. The number of hydrogen-bond donors (Lipinski definition) is 2. The highest BCUT2D eigenvalue weighted by molar-refractivity contribution is 5.95. The summed E-state index contributed by atoms with van der Waals surface area (Å²) in [5.74, 6) is 2.70. The summed E-state index contributed by atoms with van der Waals surface area (Å²) in [6.07, 6.45) is 9.99. The zero-order valence-electron chi connectivity index (χ0n) is 31.9. The number of likely N-dealkylation sites (tertiary alicyclic amines) is 1. The maximum absolute atomic E-state index is 13.6. The van der Waals surface area contributed by atoms with Gasteiger partial charge < -0.3 is 30.1 Å². The summed E-state index contributed by atoms with van der Waals surface area (Å²) in [4.78, 5) is 56.1. The minimum atomic E-state index is -0.252. The maximum atomic E-state index is 13.6. The van der Waals surface area contributed by atoms with Crippen LogP contribution in [0.1, 0.15) is 67.8 Å². The number of likely N-dealkylation sites (N-methyl/N-ethyl adjacent to an activating group) is 1. The highest BCUT2D eigenvalue weighted by Gasteiger charge is 2.46. The number of methoxy groups -OCH3 is 1. The van der Waals surface area contributed by atoms with E-state index in [0.717, 1.165) is 67.7 Å². The molecule has 2 saturated carbocycles. The monoisotopic (exact) mass is 732 g/mol. The minimum absolute atomic E-state index is 0.113. The fourth-order valence-electron chi connectivity index (χ4n) is 9.58. The van der Waals surface area contributed by atoms with Crippen molar-refractivity contribution in [1.29, 1.82) is 0 Å². The Morgan fingerprint density at radius 2 is 1.83 bits per heavy atom. The second-order valence-electron chi connectivity index (χ2n) is 16.3. The molecule has 3 atom stereocenters. The molecule has 0 spiro atoms. The van der Waals surface area contributed by atoms with Crippen molar-refractivity contribution < 1.29 is 14.3 Å². The van der Waals surface area contributed by atoms with Crippen LogP contribution in [0.4, 0.5) is 17.3 Å². The third-order valence-corrected chi connectivity index (χ3v) is 12.5. The molecular formula is C42H52N8O4. The van der Waals surface area contributed by atoms with Gasteiger partial charge in [0, 0.05) is 80.7 Å². The van der Waals surface area contributed by atoms with E-state index < -0.39 is 0 Å². The molecule has 2 aromatic heterocycles. The predicted octanol–water partition coefficient (Wildman–Crippen LogP) is 5.53. The maximum Gasteiger partial charge on any atom is 0.257 e. The van der Waals surface area contributed by atoms with Gasteiger partial charge in [-0.2, -0.15) is 4.98 Å². The van der Waals surface area contributed by atoms with Crippen molar-refractivity contribution in [2.24, 2.45) is 17.3 Å². The second kappa shape index (κ2) is 14.7. The fourth-order valence-corrected chi connectivity index (χ4v) is 9.58. The smallest absolute Gasteiger partial charge is 0.257 e. The number of carbonyl (C=O) groups is 2. The summed E-state index contributed by atoms with van der Waals surface area (Å²) in [6.45, 7) is 8.76. The van der Waals surface area contributed by atoms with Crippen LogP contribution in [0, 0.1) is 24.2 Å². The summed E-state index contributed by atoms with van der Waals surface area (Å²) in [7, 11) is 3.65. The fraction of sp³-hybridized carbons (Fsp3) is 0.500. The molecule has 4 fully saturated rings. The predicted molar refractivity (Wildman–Crippen MR) is 211 cm³/mol. The Labute approximate surface area is 316 Å². The number of aryl methyl sites for hydroxylation is 1. The van der Waals surface area contributed by atoms with Gasteiger partial charge in [0.15, 0.2) is 5.65 Å². The Hall–Kier alpha value is -4.97. The molecule has 4 aliphatic rings. The van der Waals surface area contributed by atoms with Crippen LogP contribution >= 0.6 is 0 Å². The van der Waals surface area contributed by atoms with E-state index >= 15 is 0 Å². The Bertz CT molecular complexity index is 2120. The molecule has 3 unspecified atom stereocenters. The zero-order valence-corrected chi connectivity index (χ0v) is 31.9. The van der Waals surface area contributed by atoms with E-state index in [0.29, 0.717) is 46.6 Å². The van der Waals surface area contributed by atoms with Crippen molar-refractivity contribution in [3.8, 4) is 11.4 Å². The first kappa shape index (κ1) is 36.0. The van der Waals surface area contributed by atoms with Gasteiger partial charge in [0.05, 0.1) is 24.5 Å². The van der Waals surface area contributed by atoms with Gasteiger partial charge >= 0.3 is 0 Å². The van der Waals surface area contributed by atoms with Gasteiger partial charge in [-0.1, -0.05) is 19.4 Å². The standard InChI is InChI=1S/C42H52N8O4/c1-5-28-18-29-11-12-42(21-28,22-29)23-38(52)49-15-13-48(14-16-49)32-9-10-35(36(20-32)54-4)45-41-43-24-34-27(2)17-37(51)50(39(34)46-41)33-8-6-7-30(19-33)40(53)44-31-25-47(3)26-31/h6-10,17,19-20,24,28-29,31H,5,11-16,18,21-23,25-26H2,1-4H3,(H,44,53)(H,43,45,46). The normalized spacial score (nSPS) is 23.0. The number of nitrogens with one attached hydrogen (secondary N) is 2. The molecule has 2 amide bonds. The van der Waals surface area contributed by atoms with Gasteiger partial charge in [-0.05, 0) is 99.2 Å². The van der Waals surface area contributed by atoms with Gasteiger partial charge in [-0.25, -0.2) is 4.98 Å². The van der Waals surface area contributed by atoms with Crippen molar-refractivity contribution in [2.75, 3.05) is 63.6 Å². The van der Waals surface area contributed by atoms with Crippen LogP contribution in [0.3, 0.4) is 0 Å². The molecule has 8 rings (SSSR count). The number of ether oxygens (including phenoxy) is 1. The lowest BCUT2D eigenvalue weighted by molar-refractivity contribution is -0.134. The molecule has 2 aliphatic heterocycles. The van der Waals surface area contributed by atoms with E-state index in [4.69, 9.17) is 9.72 Å². The number of aromatic nitrogens is 3. The van der Waals surface area contributed by atoms with Crippen LogP contribution in [-0.4, -0.2) is 95.6 Å². The number of hydrogen-bond acceptors (Lipinski definition) is 9. The van der Waals surface area contributed by atoms with E-state index in [9.17, 15) is 14.4 Å². The quantitative estimate of drug-likeness (QED) is 0.217. The van der Waals surface area contributed by atoms with Crippen molar-refractivity contribution in [2.45, 2.75) is 64.8 Å². The van der Waals surface area contributed by atoms with Crippen LogP contribution < -0.4 is 25.8 Å². The number of piperazine rings is 1. The van der Waals surface area contributed by atoms with Crippen molar-refractivity contribution in [3.63, 3.8) is 0 Å². The summed E-state index contributed by atoms with van der Waals surface area (Å²) in [6, 6.07) is 14.7. The molecule has 284 valence electrons. The Morgan fingerprint density at radius 3 is 2.59 bits per heavy atom. The molecule has 2 bridgehead atoms. The lowest BCUT2D eigenvalue weighted by Crippen LogP contribution is -2.57. The van der Waals surface area contributed by atoms with Crippen molar-refractivity contribution in [3.05, 3.63) is 76.2 Å². The van der Waals surface area contributed by atoms with Crippen LogP contribution in [-0.2, 0) is 4.79 Å². The highest BCUT2D eigenvalue weighted by Crippen LogP contribution is 2.56. The number of amides is 2. The first-order valence-electron chi connectivity index (χ1n) is 19.6. The molecule has 12 heteroatoms. The van der Waals surface area contributed by atoms with Gasteiger partial charge in [-0.3, -0.25) is 19.0 Å². The van der Waals surface area contributed by atoms with Crippen LogP contribution in [0.5, 0.6) is 5.75 Å². The largest absolute Gasteiger partial charge is 0.494 e. The Morgan fingerprint density at radius 1 is 1.02 bits per heavy atom. The summed E-state index contributed by atoms with van der Waals surface area (Å²) >= 11 is 0. The first-order valence-corrected chi connectivity index (χ1v) is 19.6. The van der Waals surface area contributed by atoms with Gasteiger partial charge in [0.25, 0.3) is 11.5 Å². The molecule has 2 N–H and O–H groups in total. The summed E-state index contributed by atoms with van der Waals surface area (Å²) in [5, 5.41) is 7.10. The third kappa shape index (κ3) is 7.15. The number of carbonyl (C=O) groups excluding carboxylic acids is 2. The molecule has 0 radical (unpaired) electrons. The molecule has 2 aromatic carbocycles. The summed E-state index contributed by atoms with van der Waals surface area (Å²) in [5.41, 5.74) is 3.90. The average molecular weight is 733 g/mol. The van der Waals surface area contributed by atoms with E-state index in [1.165, 1.54) is 43.1 Å². The van der Waals surface area contributed by atoms with Crippen molar-refractivity contribution >= 4 is 40.2 Å². The average Bonchev–Trinajstić information content (AvgIpc) is 3.46. The molecule has 4 aromatic rings. The number of anilines is 3. The van der Waals surface area contributed by atoms with Gasteiger partial charge in [0.1, 0.15) is 5.75 Å². The second-order valence-corrected chi connectivity index (χ2v) is 16.3. The summed E-state index contributed by atoms with van der Waals surface area (Å²) < 4.78 is 7.36. The third-order valence-electron chi connectivity index (χ3n) is 12.5. The SMILES string of the molecule is CCC1CC2CCC(CC(=O)N3CCN(c4ccc(Nc5ncc6c(C)cc(=O)n(-c7cccc(C(=O)NC8CN(C)C8)c7)c6n5)c(OC)c4)CC3)(C1)C2. The molecule has 54 heavy (non-hydrogen) atoms. The van der Waals surface area contributed by atoms with Gasteiger partial charge in [-0.15, -0.1) is 0 Å². The van der Waals surface area contributed by atoms with E-state index in [2.05, 4.69) is 37.2 Å². The number of benzene rings is 2. The molecule has 2 aliphatic carbocycles. The van der Waals surface area contributed by atoms with Crippen LogP contribution in [0.15, 0.2) is 59.5 Å². The topological polar surface area (TPSA) is 125 Å².